The summed E-state index contributed by atoms with van der Waals surface area (Å²) in [5, 5.41) is 3.96. The highest BCUT2D eigenvalue weighted by molar-refractivity contribution is 5.76. The van der Waals surface area contributed by atoms with Gasteiger partial charge in [0.15, 0.2) is 0 Å². The molecule has 0 aliphatic rings. The van der Waals surface area contributed by atoms with Gasteiger partial charge in [0.2, 0.25) is 17.6 Å². The minimum Gasteiger partial charge on any atom is -0.337 e. The molecule has 30 heavy (non-hydrogen) atoms. The number of rotatable bonds is 7. The van der Waals surface area contributed by atoms with Crippen LogP contribution in [0.4, 0.5) is 13.2 Å². The molecular weight excluding hydrogens is 395 g/mol. The van der Waals surface area contributed by atoms with Crippen molar-refractivity contribution in [3.05, 3.63) is 71.6 Å². The molecule has 0 saturated heterocycles. The number of nitrogens with zero attached hydrogens (tertiary/aromatic N) is 3. The van der Waals surface area contributed by atoms with Gasteiger partial charge in [-0.25, -0.2) is 0 Å². The Morgan fingerprint density at radius 3 is 2.33 bits per heavy atom. The van der Waals surface area contributed by atoms with Crippen LogP contribution in [0.3, 0.4) is 0 Å². The van der Waals surface area contributed by atoms with Gasteiger partial charge < -0.3 is 9.42 Å². The van der Waals surface area contributed by atoms with Crippen molar-refractivity contribution in [2.75, 3.05) is 0 Å². The van der Waals surface area contributed by atoms with E-state index in [1.165, 1.54) is 12.1 Å². The Bertz CT molecular complexity index is 967. The summed E-state index contributed by atoms with van der Waals surface area (Å²) in [6.45, 7) is 3.93. The number of aromatic nitrogens is 2. The lowest BCUT2D eigenvalue weighted by atomic mass is 10.1. The van der Waals surface area contributed by atoms with Crippen molar-refractivity contribution in [2.45, 2.75) is 45.5 Å². The summed E-state index contributed by atoms with van der Waals surface area (Å²) >= 11 is 0. The molecular formula is C22H22F3N3O2. The third-order valence-corrected chi connectivity index (χ3v) is 4.66. The summed E-state index contributed by atoms with van der Waals surface area (Å²) in [6.07, 6.45) is -3.85. The SMILES string of the molecule is CC(C)N(Cc1nc(-c2ccccc2)no1)C(=O)CCc1ccc(C(F)(F)F)cc1. The van der Waals surface area contributed by atoms with Crippen molar-refractivity contribution >= 4 is 5.91 Å². The number of hydrogen-bond donors (Lipinski definition) is 0. The fourth-order valence-corrected chi connectivity index (χ4v) is 2.98. The molecule has 3 rings (SSSR count). The fourth-order valence-electron chi connectivity index (χ4n) is 2.98. The topological polar surface area (TPSA) is 59.2 Å². The molecule has 3 aromatic rings. The molecule has 0 spiro atoms. The number of aryl methyl sites for hydroxylation is 1. The van der Waals surface area contributed by atoms with Crippen LogP contribution in [0.1, 0.15) is 37.3 Å². The van der Waals surface area contributed by atoms with Gasteiger partial charge in [0.25, 0.3) is 0 Å². The second kappa shape index (κ2) is 9.11. The zero-order valence-corrected chi connectivity index (χ0v) is 16.7. The minimum atomic E-state index is -4.37. The van der Waals surface area contributed by atoms with Gasteiger partial charge in [-0.2, -0.15) is 18.2 Å². The molecule has 8 heteroatoms. The van der Waals surface area contributed by atoms with Crippen molar-refractivity contribution in [2.24, 2.45) is 0 Å². The van der Waals surface area contributed by atoms with Crippen LogP contribution in [0.5, 0.6) is 0 Å². The summed E-state index contributed by atoms with van der Waals surface area (Å²) in [4.78, 5) is 18.7. The first-order valence-corrected chi connectivity index (χ1v) is 9.57. The molecule has 2 aromatic carbocycles. The number of carbonyl (C=O) groups is 1. The Hall–Kier alpha value is -3.16. The summed E-state index contributed by atoms with van der Waals surface area (Å²) in [5.41, 5.74) is 0.786. The molecule has 0 bridgehead atoms. The van der Waals surface area contributed by atoms with Gasteiger partial charge in [-0.3, -0.25) is 4.79 Å². The van der Waals surface area contributed by atoms with Crippen LogP contribution >= 0.6 is 0 Å². The third kappa shape index (κ3) is 5.46. The number of alkyl halides is 3. The number of amides is 1. The Balaban J connectivity index is 1.62. The third-order valence-electron chi connectivity index (χ3n) is 4.66. The Morgan fingerprint density at radius 1 is 1.07 bits per heavy atom. The Morgan fingerprint density at radius 2 is 1.73 bits per heavy atom. The van der Waals surface area contributed by atoms with Crippen LogP contribution in [-0.2, 0) is 23.9 Å². The van der Waals surface area contributed by atoms with Gasteiger partial charge >= 0.3 is 6.18 Å². The van der Waals surface area contributed by atoms with Crippen LogP contribution in [0.25, 0.3) is 11.4 Å². The summed E-state index contributed by atoms with van der Waals surface area (Å²) in [7, 11) is 0. The average Bonchev–Trinajstić information content (AvgIpc) is 3.19. The fraction of sp³-hybridized carbons (Fsp3) is 0.318. The maximum atomic E-state index is 12.7. The molecule has 0 saturated carbocycles. The molecule has 1 amide bonds. The van der Waals surface area contributed by atoms with Gasteiger partial charge in [0, 0.05) is 18.0 Å². The first kappa shape index (κ1) is 21.5. The average molecular weight is 417 g/mol. The van der Waals surface area contributed by atoms with Crippen LogP contribution in [0.15, 0.2) is 59.1 Å². The minimum absolute atomic E-state index is 0.0998. The van der Waals surface area contributed by atoms with Crippen molar-refractivity contribution < 1.29 is 22.5 Å². The molecule has 158 valence electrons. The van der Waals surface area contributed by atoms with E-state index in [9.17, 15) is 18.0 Å². The Labute approximate surface area is 172 Å². The quantitative estimate of drug-likeness (QED) is 0.535. The van der Waals surface area contributed by atoms with E-state index in [1.807, 2.05) is 44.2 Å². The van der Waals surface area contributed by atoms with Gasteiger partial charge in [-0.05, 0) is 38.0 Å². The molecule has 0 atom stereocenters. The normalized spacial score (nSPS) is 11.7. The number of halogens is 3. The van der Waals surface area contributed by atoms with Gasteiger partial charge in [0.05, 0.1) is 5.56 Å². The van der Waals surface area contributed by atoms with E-state index in [0.717, 1.165) is 17.7 Å². The summed E-state index contributed by atoms with van der Waals surface area (Å²) in [5.74, 6) is 0.640. The molecule has 1 aromatic heterocycles. The number of hydrogen-bond acceptors (Lipinski definition) is 4. The molecule has 0 fully saturated rings. The van der Waals surface area contributed by atoms with Gasteiger partial charge in [-0.1, -0.05) is 47.6 Å². The maximum absolute atomic E-state index is 12.7. The summed E-state index contributed by atoms with van der Waals surface area (Å²) in [6, 6.07) is 14.1. The molecule has 0 aliphatic heterocycles. The molecule has 5 nitrogen and oxygen atoms in total. The van der Waals surface area contributed by atoms with E-state index < -0.39 is 11.7 Å². The second-order valence-corrected chi connectivity index (χ2v) is 7.19. The smallest absolute Gasteiger partial charge is 0.337 e. The van der Waals surface area contributed by atoms with Crippen molar-refractivity contribution in [3.63, 3.8) is 0 Å². The van der Waals surface area contributed by atoms with Gasteiger partial charge in [-0.15, -0.1) is 0 Å². The summed E-state index contributed by atoms with van der Waals surface area (Å²) < 4.78 is 43.3. The first-order chi connectivity index (χ1) is 14.2. The molecule has 0 N–H and O–H groups in total. The lowest BCUT2D eigenvalue weighted by Crippen LogP contribution is -2.36. The maximum Gasteiger partial charge on any atom is 0.416 e. The monoisotopic (exact) mass is 417 g/mol. The van der Waals surface area contributed by atoms with Crippen LogP contribution < -0.4 is 0 Å². The van der Waals surface area contributed by atoms with Crippen LogP contribution in [0, 0.1) is 0 Å². The highest BCUT2D eigenvalue weighted by atomic mass is 19.4. The first-order valence-electron chi connectivity index (χ1n) is 9.57. The molecule has 0 aliphatic carbocycles. The zero-order valence-electron chi connectivity index (χ0n) is 16.7. The van der Waals surface area contributed by atoms with Crippen LogP contribution in [-0.4, -0.2) is 27.0 Å². The standard InChI is InChI=1S/C22H22F3N3O2/c1-15(2)28(14-19-26-21(27-30-19)17-6-4-3-5-7-17)20(29)13-10-16-8-11-18(12-9-16)22(23,24)25/h3-9,11-12,15H,10,13-14H2,1-2H3. The predicted octanol–water partition coefficient (Wildman–Crippen LogP) is 5.13. The second-order valence-electron chi connectivity index (χ2n) is 7.19. The largest absolute Gasteiger partial charge is 0.416 e. The lowest BCUT2D eigenvalue weighted by Gasteiger charge is -2.25. The highest BCUT2D eigenvalue weighted by Gasteiger charge is 2.30. The zero-order chi connectivity index (χ0) is 21.7. The lowest BCUT2D eigenvalue weighted by molar-refractivity contribution is -0.137. The highest BCUT2D eigenvalue weighted by Crippen LogP contribution is 2.29. The Kier molecular flexibility index (Phi) is 6.54. The predicted molar refractivity (Wildman–Crippen MR) is 105 cm³/mol. The van der Waals surface area contributed by atoms with E-state index in [0.29, 0.717) is 23.7 Å². The molecule has 0 unspecified atom stereocenters. The van der Waals surface area contributed by atoms with E-state index in [1.54, 1.807) is 4.90 Å². The van der Waals surface area contributed by atoms with E-state index >= 15 is 0 Å². The van der Waals surface area contributed by atoms with Crippen molar-refractivity contribution in [1.82, 2.24) is 15.0 Å². The van der Waals surface area contributed by atoms with Crippen molar-refractivity contribution in [3.8, 4) is 11.4 Å². The van der Waals surface area contributed by atoms with Crippen LogP contribution in [0.2, 0.25) is 0 Å². The van der Waals surface area contributed by atoms with E-state index in [2.05, 4.69) is 10.1 Å². The van der Waals surface area contributed by atoms with E-state index in [4.69, 9.17) is 4.52 Å². The van der Waals surface area contributed by atoms with E-state index in [-0.39, 0.29) is 24.9 Å². The molecule has 1 heterocycles. The molecule has 0 radical (unpaired) electrons. The number of benzene rings is 2. The van der Waals surface area contributed by atoms with Crippen molar-refractivity contribution in [1.29, 1.82) is 0 Å². The van der Waals surface area contributed by atoms with Gasteiger partial charge in [0.1, 0.15) is 6.54 Å². The number of carbonyl (C=O) groups excluding carboxylic acids is 1.